The van der Waals surface area contributed by atoms with Gasteiger partial charge in [0.05, 0.1) is 12.5 Å². The fourth-order valence-electron chi connectivity index (χ4n) is 2.33. The number of hydrogen-bond donors (Lipinski definition) is 6. The molecule has 28 heavy (non-hydrogen) atoms. The van der Waals surface area contributed by atoms with Gasteiger partial charge in [0.2, 0.25) is 17.7 Å². The predicted octanol–water partition coefficient (Wildman–Crippen LogP) is -1.34. The van der Waals surface area contributed by atoms with Crippen LogP contribution in [0.4, 0.5) is 0 Å². The predicted molar refractivity (Wildman–Crippen MR) is 99.0 cm³/mol. The molecule has 0 saturated heterocycles. The van der Waals surface area contributed by atoms with Gasteiger partial charge in [-0.1, -0.05) is 27.7 Å². The Balaban J connectivity index is 5.17. The molecule has 0 aromatic carbocycles. The number of nitrogens with two attached hydrogens (primary N) is 1. The Hall–Kier alpha value is -2.69. The van der Waals surface area contributed by atoms with Gasteiger partial charge in [-0.2, -0.15) is 0 Å². The number of nitrogens with one attached hydrogen (secondary N) is 3. The van der Waals surface area contributed by atoms with Crippen molar-refractivity contribution in [2.45, 2.75) is 58.7 Å². The van der Waals surface area contributed by atoms with Crippen molar-refractivity contribution in [2.75, 3.05) is 6.54 Å². The second kappa shape index (κ2) is 11.9. The van der Waals surface area contributed by atoms with Crippen LogP contribution >= 0.6 is 0 Å². The molecule has 0 heterocycles. The average molecular weight is 402 g/mol. The van der Waals surface area contributed by atoms with Crippen LogP contribution in [0.15, 0.2) is 0 Å². The summed E-state index contributed by atoms with van der Waals surface area (Å²) in [5.74, 6) is -4.92. The van der Waals surface area contributed by atoms with E-state index in [1.165, 1.54) is 0 Å². The Morgan fingerprint density at radius 3 is 1.86 bits per heavy atom. The van der Waals surface area contributed by atoms with Crippen molar-refractivity contribution in [3.05, 3.63) is 0 Å². The van der Waals surface area contributed by atoms with Crippen LogP contribution in [-0.2, 0) is 24.0 Å². The van der Waals surface area contributed by atoms with Gasteiger partial charge in [-0.25, -0.2) is 0 Å². The zero-order valence-corrected chi connectivity index (χ0v) is 16.5. The number of hydrogen-bond acceptors (Lipinski definition) is 6. The molecule has 3 amide bonds. The average Bonchev–Trinajstić information content (AvgIpc) is 2.54. The summed E-state index contributed by atoms with van der Waals surface area (Å²) >= 11 is 0. The number of carboxylic acid groups (broad SMARTS) is 2. The Morgan fingerprint density at radius 1 is 0.857 bits per heavy atom. The molecule has 0 aromatic rings. The molecule has 11 nitrogen and oxygen atoms in total. The third-order valence-electron chi connectivity index (χ3n) is 3.73. The molecule has 11 heteroatoms. The summed E-state index contributed by atoms with van der Waals surface area (Å²) in [6.45, 7) is 6.40. The van der Waals surface area contributed by atoms with E-state index in [2.05, 4.69) is 16.0 Å². The highest BCUT2D eigenvalue weighted by Gasteiger charge is 2.30. The molecule has 0 aliphatic heterocycles. The normalized spacial score (nSPS) is 14.1. The zero-order chi connectivity index (χ0) is 22.0. The monoisotopic (exact) mass is 402 g/mol. The molecule has 0 radical (unpaired) electrons. The lowest BCUT2D eigenvalue weighted by Crippen LogP contribution is -2.57. The van der Waals surface area contributed by atoms with Crippen molar-refractivity contribution in [2.24, 2.45) is 17.6 Å². The molecule has 0 saturated carbocycles. The van der Waals surface area contributed by atoms with Gasteiger partial charge >= 0.3 is 11.9 Å². The molecule has 0 spiro atoms. The Morgan fingerprint density at radius 2 is 1.43 bits per heavy atom. The largest absolute Gasteiger partial charge is 0.481 e. The lowest BCUT2D eigenvalue weighted by Gasteiger charge is -2.26. The molecule has 0 aliphatic rings. The van der Waals surface area contributed by atoms with E-state index < -0.39 is 60.8 Å². The summed E-state index contributed by atoms with van der Waals surface area (Å²) in [4.78, 5) is 58.2. The van der Waals surface area contributed by atoms with Crippen LogP contribution in [0.2, 0.25) is 0 Å². The number of carbonyl (C=O) groups is 5. The minimum atomic E-state index is -1.32. The quantitative estimate of drug-likeness (QED) is 0.231. The second-order valence-corrected chi connectivity index (χ2v) is 7.24. The molecule has 3 unspecified atom stereocenters. The van der Waals surface area contributed by atoms with Crippen molar-refractivity contribution in [1.29, 1.82) is 0 Å². The number of amides is 3. The van der Waals surface area contributed by atoms with E-state index in [1.807, 2.05) is 13.8 Å². The Labute approximate surface area is 163 Å². The highest BCUT2D eigenvalue weighted by Crippen LogP contribution is 2.08. The van der Waals surface area contributed by atoms with Crippen molar-refractivity contribution >= 4 is 29.7 Å². The van der Waals surface area contributed by atoms with Crippen molar-refractivity contribution in [1.82, 2.24) is 16.0 Å². The smallest absolute Gasteiger partial charge is 0.322 e. The van der Waals surface area contributed by atoms with Crippen molar-refractivity contribution in [3.63, 3.8) is 0 Å². The maximum Gasteiger partial charge on any atom is 0.322 e. The van der Waals surface area contributed by atoms with Crippen LogP contribution in [-0.4, -0.2) is 64.5 Å². The zero-order valence-electron chi connectivity index (χ0n) is 16.5. The summed E-state index contributed by atoms with van der Waals surface area (Å²) < 4.78 is 0. The van der Waals surface area contributed by atoms with E-state index in [1.54, 1.807) is 13.8 Å². The third kappa shape index (κ3) is 9.86. The first-order valence-electron chi connectivity index (χ1n) is 8.92. The van der Waals surface area contributed by atoms with Gasteiger partial charge in [0.25, 0.3) is 0 Å². The summed E-state index contributed by atoms with van der Waals surface area (Å²) in [5, 5.41) is 24.5. The first kappa shape index (κ1) is 25.3. The highest BCUT2D eigenvalue weighted by molar-refractivity contribution is 5.94. The topological polar surface area (TPSA) is 188 Å². The summed E-state index contributed by atoms with van der Waals surface area (Å²) in [5.41, 5.74) is 5.51. The minimum absolute atomic E-state index is 0.0250. The number of carbonyl (C=O) groups excluding carboxylic acids is 3. The molecule has 160 valence electrons. The summed E-state index contributed by atoms with van der Waals surface area (Å²) in [7, 11) is 0. The SMILES string of the molecule is CC(C)CC(NC(=O)C(NC(=O)C(N)CC(=O)O)C(C)C)C(=O)NCC(=O)O. The molecule has 3 atom stereocenters. The number of carboxylic acids is 2. The summed E-state index contributed by atoms with van der Waals surface area (Å²) in [6.07, 6.45) is -0.333. The Bertz CT molecular complexity index is 592. The third-order valence-corrected chi connectivity index (χ3v) is 3.73. The van der Waals surface area contributed by atoms with Gasteiger partial charge in [-0.3, -0.25) is 24.0 Å². The molecule has 0 fully saturated rings. The van der Waals surface area contributed by atoms with Crippen molar-refractivity contribution < 1.29 is 34.2 Å². The lowest BCUT2D eigenvalue weighted by atomic mass is 9.99. The van der Waals surface area contributed by atoms with E-state index in [9.17, 15) is 24.0 Å². The Kier molecular flexibility index (Phi) is 10.8. The molecular formula is C17H30N4O7. The van der Waals surface area contributed by atoms with Gasteiger partial charge in [0, 0.05) is 0 Å². The molecule has 0 aromatic heterocycles. The lowest BCUT2D eigenvalue weighted by molar-refractivity contribution is -0.140. The van der Waals surface area contributed by atoms with E-state index in [-0.39, 0.29) is 18.3 Å². The number of aliphatic carboxylic acids is 2. The van der Waals surface area contributed by atoms with Crippen LogP contribution in [0.5, 0.6) is 0 Å². The second-order valence-electron chi connectivity index (χ2n) is 7.24. The van der Waals surface area contributed by atoms with Crippen LogP contribution < -0.4 is 21.7 Å². The molecular weight excluding hydrogens is 372 g/mol. The number of rotatable bonds is 12. The van der Waals surface area contributed by atoms with Crippen LogP contribution in [0, 0.1) is 11.8 Å². The van der Waals surface area contributed by atoms with Gasteiger partial charge < -0.3 is 31.9 Å². The van der Waals surface area contributed by atoms with E-state index in [0.717, 1.165) is 0 Å². The molecule has 0 rings (SSSR count). The fraction of sp³-hybridized carbons (Fsp3) is 0.706. The minimum Gasteiger partial charge on any atom is -0.481 e. The van der Waals surface area contributed by atoms with Gasteiger partial charge in [0.15, 0.2) is 0 Å². The molecule has 0 aliphatic carbocycles. The van der Waals surface area contributed by atoms with Crippen molar-refractivity contribution in [3.8, 4) is 0 Å². The molecule has 0 bridgehead atoms. The van der Waals surface area contributed by atoms with Crippen LogP contribution in [0.1, 0.15) is 40.5 Å². The van der Waals surface area contributed by atoms with Gasteiger partial charge in [-0.15, -0.1) is 0 Å². The maximum absolute atomic E-state index is 12.6. The first-order valence-corrected chi connectivity index (χ1v) is 8.92. The highest BCUT2D eigenvalue weighted by atomic mass is 16.4. The maximum atomic E-state index is 12.6. The van der Waals surface area contributed by atoms with E-state index in [4.69, 9.17) is 15.9 Å². The van der Waals surface area contributed by atoms with Crippen LogP contribution in [0.3, 0.4) is 0 Å². The van der Waals surface area contributed by atoms with E-state index in [0.29, 0.717) is 0 Å². The first-order chi connectivity index (χ1) is 12.8. The van der Waals surface area contributed by atoms with Gasteiger partial charge in [-0.05, 0) is 18.3 Å². The summed E-state index contributed by atoms with van der Waals surface area (Å²) in [6, 6.07) is -3.36. The van der Waals surface area contributed by atoms with Gasteiger partial charge in [0.1, 0.15) is 18.6 Å². The fourth-order valence-corrected chi connectivity index (χ4v) is 2.33. The molecule has 7 N–H and O–H groups in total. The van der Waals surface area contributed by atoms with E-state index >= 15 is 0 Å². The standard InChI is InChI=1S/C17H30N4O7/c1-8(2)5-11(16(27)19-7-13(24)25)20-17(28)14(9(3)4)21-15(26)10(18)6-12(22)23/h8-11,14H,5-7,18H2,1-4H3,(H,19,27)(H,20,28)(H,21,26)(H,22,23)(H,24,25). The van der Waals surface area contributed by atoms with Crippen LogP contribution in [0.25, 0.3) is 0 Å².